The summed E-state index contributed by atoms with van der Waals surface area (Å²) >= 11 is 0. The molecule has 0 heterocycles. The number of anilines is 2. The predicted molar refractivity (Wildman–Crippen MR) is 120 cm³/mol. The van der Waals surface area contributed by atoms with Crippen molar-refractivity contribution in [3.8, 4) is 5.75 Å². The zero-order valence-corrected chi connectivity index (χ0v) is 18.0. The van der Waals surface area contributed by atoms with Crippen LogP contribution in [-0.2, 0) is 11.3 Å². The van der Waals surface area contributed by atoms with Crippen molar-refractivity contribution >= 4 is 17.3 Å². The van der Waals surface area contributed by atoms with Crippen molar-refractivity contribution in [2.24, 2.45) is 0 Å². The van der Waals surface area contributed by atoms with Crippen LogP contribution in [0.1, 0.15) is 39.2 Å². The lowest BCUT2D eigenvalue weighted by Gasteiger charge is -2.27. The Morgan fingerprint density at radius 1 is 1.10 bits per heavy atom. The van der Waals surface area contributed by atoms with Gasteiger partial charge in [0.05, 0.1) is 13.7 Å². The largest absolute Gasteiger partial charge is 0.497 e. The lowest BCUT2D eigenvalue weighted by Crippen LogP contribution is -2.34. The van der Waals surface area contributed by atoms with Crippen molar-refractivity contribution in [1.29, 1.82) is 0 Å². The van der Waals surface area contributed by atoms with Gasteiger partial charge in [-0.15, -0.1) is 0 Å². The minimum atomic E-state index is 0.0365. The van der Waals surface area contributed by atoms with Gasteiger partial charge in [0, 0.05) is 36.5 Å². The number of hydrogen-bond donors (Lipinski definition) is 1. The van der Waals surface area contributed by atoms with Gasteiger partial charge < -0.3 is 15.0 Å². The van der Waals surface area contributed by atoms with Crippen molar-refractivity contribution in [1.82, 2.24) is 4.90 Å². The molecule has 1 N–H and O–H groups in total. The first-order chi connectivity index (χ1) is 14.0. The molecule has 1 saturated carbocycles. The number of nitrogens with zero attached hydrogens (tertiary/aromatic N) is 2. The van der Waals surface area contributed by atoms with Crippen LogP contribution in [0.15, 0.2) is 48.5 Å². The number of ether oxygens (including phenoxy) is 1. The highest BCUT2D eigenvalue weighted by Gasteiger charge is 2.30. The van der Waals surface area contributed by atoms with E-state index in [0.717, 1.165) is 24.5 Å². The minimum absolute atomic E-state index is 0.0365. The van der Waals surface area contributed by atoms with Crippen molar-refractivity contribution < 1.29 is 9.53 Å². The molecular weight excluding hydrogens is 362 g/mol. The highest BCUT2D eigenvalue weighted by atomic mass is 16.5. The molecule has 0 atom stereocenters. The van der Waals surface area contributed by atoms with Crippen molar-refractivity contribution in [3.05, 3.63) is 54.1 Å². The van der Waals surface area contributed by atoms with Gasteiger partial charge in [-0.3, -0.25) is 9.69 Å². The second-order valence-electron chi connectivity index (χ2n) is 7.96. The Morgan fingerprint density at radius 3 is 2.28 bits per heavy atom. The second kappa shape index (κ2) is 9.79. The molecule has 0 unspecified atom stereocenters. The predicted octanol–water partition coefficient (Wildman–Crippen LogP) is 4.53. The number of rotatable bonds is 10. The summed E-state index contributed by atoms with van der Waals surface area (Å²) < 4.78 is 5.23. The molecule has 2 aromatic carbocycles. The average Bonchev–Trinajstić information content (AvgIpc) is 3.55. The maximum atomic E-state index is 12.6. The molecule has 0 spiro atoms. The maximum absolute atomic E-state index is 12.6. The van der Waals surface area contributed by atoms with E-state index >= 15 is 0 Å². The highest BCUT2D eigenvalue weighted by molar-refractivity contribution is 5.92. The van der Waals surface area contributed by atoms with E-state index in [1.165, 1.54) is 24.1 Å². The van der Waals surface area contributed by atoms with Gasteiger partial charge in [0.15, 0.2) is 0 Å². The quantitative estimate of drug-likeness (QED) is 0.642. The molecule has 1 aliphatic carbocycles. The molecule has 1 aliphatic rings. The van der Waals surface area contributed by atoms with Crippen LogP contribution in [0.25, 0.3) is 0 Å². The normalized spacial score (nSPS) is 13.6. The van der Waals surface area contributed by atoms with Gasteiger partial charge in [0.1, 0.15) is 5.75 Å². The van der Waals surface area contributed by atoms with Crippen LogP contribution in [-0.4, -0.2) is 43.1 Å². The van der Waals surface area contributed by atoms with Gasteiger partial charge in [-0.25, -0.2) is 0 Å². The number of carbonyl (C=O) groups excluding carboxylic acids is 1. The van der Waals surface area contributed by atoms with Crippen molar-refractivity contribution in [3.63, 3.8) is 0 Å². The molecule has 156 valence electrons. The molecule has 0 aliphatic heterocycles. The standard InChI is InChI=1S/C24H33N3O2/c1-5-27(18(2)3)22-10-8-20(9-11-22)25-24(28)17-26(21-12-13-21)16-19-6-14-23(29-4)15-7-19/h6-11,14-15,18,21H,5,12-13,16-17H2,1-4H3,(H,25,28). The van der Waals surface area contributed by atoms with E-state index in [-0.39, 0.29) is 5.91 Å². The van der Waals surface area contributed by atoms with Gasteiger partial charge in [-0.05, 0) is 75.6 Å². The number of methoxy groups -OCH3 is 1. The Morgan fingerprint density at radius 2 is 1.76 bits per heavy atom. The molecule has 1 amide bonds. The highest BCUT2D eigenvalue weighted by Crippen LogP contribution is 2.28. The Kier molecular flexibility index (Phi) is 7.15. The topological polar surface area (TPSA) is 44.8 Å². The van der Waals surface area contributed by atoms with E-state index in [0.29, 0.717) is 18.6 Å². The summed E-state index contributed by atoms with van der Waals surface area (Å²) in [6, 6.07) is 17.2. The van der Waals surface area contributed by atoms with Crippen molar-refractivity contribution in [2.75, 3.05) is 30.4 Å². The summed E-state index contributed by atoms with van der Waals surface area (Å²) in [5, 5.41) is 3.05. The summed E-state index contributed by atoms with van der Waals surface area (Å²) in [7, 11) is 1.67. The van der Waals surface area contributed by atoms with E-state index in [1.807, 2.05) is 24.3 Å². The zero-order valence-electron chi connectivity index (χ0n) is 18.0. The second-order valence-corrected chi connectivity index (χ2v) is 7.96. The molecule has 29 heavy (non-hydrogen) atoms. The minimum Gasteiger partial charge on any atom is -0.497 e. The van der Waals surface area contributed by atoms with Crippen LogP contribution in [0.2, 0.25) is 0 Å². The molecule has 0 radical (unpaired) electrons. The van der Waals surface area contributed by atoms with Gasteiger partial charge in [0.2, 0.25) is 5.91 Å². The van der Waals surface area contributed by atoms with Gasteiger partial charge >= 0.3 is 0 Å². The molecule has 0 aromatic heterocycles. The molecule has 5 heteroatoms. The fourth-order valence-corrected chi connectivity index (χ4v) is 3.69. The molecule has 2 aromatic rings. The molecule has 0 bridgehead atoms. The van der Waals surface area contributed by atoms with E-state index in [2.05, 4.69) is 60.2 Å². The van der Waals surface area contributed by atoms with Crippen LogP contribution in [0.3, 0.4) is 0 Å². The first-order valence-corrected chi connectivity index (χ1v) is 10.5. The van der Waals surface area contributed by atoms with Gasteiger partial charge in [-0.1, -0.05) is 12.1 Å². The molecule has 1 fully saturated rings. The third kappa shape index (κ3) is 5.97. The first kappa shape index (κ1) is 21.2. The average molecular weight is 396 g/mol. The molecule has 5 nitrogen and oxygen atoms in total. The fourth-order valence-electron chi connectivity index (χ4n) is 3.69. The lowest BCUT2D eigenvalue weighted by atomic mass is 10.2. The maximum Gasteiger partial charge on any atom is 0.238 e. The third-order valence-electron chi connectivity index (χ3n) is 5.40. The van der Waals surface area contributed by atoms with Crippen LogP contribution in [0.4, 0.5) is 11.4 Å². The van der Waals surface area contributed by atoms with Crippen LogP contribution in [0, 0.1) is 0 Å². The first-order valence-electron chi connectivity index (χ1n) is 10.5. The summed E-state index contributed by atoms with van der Waals surface area (Å²) in [6.45, 7) is 8.69. The number of amides is 1. The Hall–Kier alpha value is -2.53. The van der Waals surface area contributed by atoms with Crippen LogP contribution < -0.4 is 15.0 Å². The van der Waals surface area contributed by atoms with E-state index in [4.69, 9.17) is 4.74 Å². The SMILES string of the molecule is CCN(c1ccc(NC(=O)CN(Cc2ccc(OC)cc2)C2CC2)cc1)C(C)C. The number of benzene rings is 2. The zero-order chi connectivity index (χ0) is 20.8. The van der Waals surface area contributed by atoms with Crippen molar-refractivity contribution in [2.45, 2.75) is 52.2 Å². The molecular formula is C24H33N3O2. The molecule has 3 rings (SSSR count). The summed E-state index contributed by atoms with van der Waals surface area (Å²) in [5.41, 5.74) is 3.22. The van der Waals surface area contributed by atoms with E-state index in [9.17, 15) is 4.79 Å². The Bertz CT molecular complexity index is 783. The summed E-state index contributed by atoms with van der Waals surface area (Å²) in [6.07, 6.45) is 2.33. The monoisotopic (exact) mass is 395 g/mol. The Balaban J connectivity index is 1.57. The summed E-state index contributed by atoms with van der Waals surface area (Å²) in [4.78, 5) is 17.2. The Labute approximate surface area is 174 Å². The number of carbonyl (C=O) groups is 1. The van der Waals surface area contributed by atoms with Crippen LogP contribution >= 0.6 is 0 Å². The molecule has 0 saturated heterocycles. The van der Waals surface area contributed by atoms with Gasteiger partial charge in [0.25, 0.3) is 0 Å². The smallest absolute Gasteiger partial charge is 0.238 e. The fraction of sp³-hybridized carbons (Fsp3) is 0.458. The summed E-state index contributed by atoms with van der Waals surface area (Å²) in [5.74, 6) is 0.890. The van der Waals surface area contributed by atoms with Crippen LogP contribution in [0.5, 0.6) is 5.75 Å². The lowest BCUT2D eigenvalue weighted by molar-refractivity contribution is -0.117. The van der Waals surface area contributed by atoms with E-state index in [1.54, 1.807) is 7.11 Å². The third-order valence-corrected chi connectivity index (χ3v) is 5.40. The number of hydrogen-bond acceptors (Lipinski definition) is 4. The number of nitrogens with one attached hydrogen (secondary N) is 1. The van der Waals surface area contributed by atoms with E-state index < -0.39 is 0 Å². The van der Waals surface area contributed by atoms with Gasteiger partial charge in [-0.2, -0.15) is 0 Å².